The van der Waals surface area contributed by atoms with E-state index in [1.165, 1.54) is 11.3 Å². The molecule has 1 fully saturated rings. The number of rotatable bonds is 1. The molecule has 2 aliphatic heterocycles. The lowest BCUT2D eigenvalue weighted by molar-refractivity contribution is 0.0931. The summed E-state index contributed by atoms with van der Waals surface area (Å²) in [5, 5.41) is 0. The van der Waals surface area contributed by atoms with Crippen LogP contribution in [0.1, 0.15) is 41.0 Å². The molecule has 0 aromatic carbocycles. The zero-order chi connectivity index (χ0) is 12.6. The highest BCUT2D eigenvalue weighted by molar-refractivity contribution is 5.83. The van der Waals surface area contributed by atoms with Gasteiger partial charge in [-0.25, -0.2) is 0 Å². The van der Waals surface area contributed by atoms with E-state index in [0.717, 1.165) is 32.0 Å². The Morgan fingerprint density at radius 1 is 1.41 bits per heavy atom. The third-order valence-electron chi connectivity index (χ3n) is 3.63. The number of amidine groups is 1. The lowest BCUT2D eigenvalue weighted by Crippen LogP contribution is -2.45. The number of nitrogens with zero attached hydrogens (tertiary/aromatic N) is 2. The Balaban J connectivity index is 2.42. The van der Waals surface area contributed by atoms with Gasteiger partial charge in [-0.2, -0.15) is 0 Å². The summed E-state index contributed by atoms with van der Waals surface area (Å²) in [6.45, 7) is 13.7. The largest absolute Gasteiger partial charge is 0.373 e. The third kappa shape index (κ3) is 2.25. The van der Waals surface area contributed by atoms with Crippen LogP contribution in [0.3, 0.4) is 0 Å². The molecule has 0 aromatic heterocycles. The van der Waals surface area contributed by atoms with E-state index in [1.807, 2.05) is 0 Å². The number of hydrogen-bond donors (Lipinski definition) is 0. The molecule has 0 radical (unpaired) electrons. The lowest BCUT2D eigenvalue weighted by atomic mass is 9.79. The van der Waals surface area contributed by atoms with Gasteiger partial charge in [-0.3, -0.25) is 4.99 Å². The summed E-state index contributed by atoms with van der Waals surface area (Å²) in [6.07, 6.45) is 1.06. The predicted molar refractivity (Wildman–Crippen MR) is 71.2 cm³/mol. The van der Waals surface area contributed by atoms with Gasteiger partial charge >= 0.3 is 0 Å². The Morgan fingerprint density at radius 2 is 2.12 bits per heavy atom. The normalized spacial score (nSPS) is 25.8. The van der Waals surface area contributed by atoms with Crippen LogP contribution in [0.4, 0.5) is 0 Å². The fraction of sp³-hybridized carbons (Fsp3) is 0.786. The molecule has 3 nitrogen and oxygen atoms in total. The first-order chi connectivity index (χ1) is 7.95. The van der Waals surface area contributed by atoms with Crippen molar-refractivity contribution in [2.24, 2.45) is 10.4 Å². The maximum absolute atomic E-state index is 5.63. The van der Waals surface area contributed by atoms with Gasteiger partial charge in [0, 0.05) is 12.2 Å². The molecule has 1 atom stereocenters. The molecular weight excluding hydrogens is 212 g/mol. The van der Waals surface area contributed by atoms with Gasteiger partial charge in [0.1, 0.15) is 5.84 Å². The molecule has 0 bridgehead atoms. The zero-order valence-electron chi connectivity index (χ0n) is 11.7. The van der Waals surface area contributed by atoms with E-state index in [1.54, 1.807) is 0 Å². The Hall–Kier alpha value is -0.830. The van der Waals surface area contributed by atoms with E-state index in [9.17, 15) is 0 Å². The minimum atomic E-state index is 0.184. The van der Waals surface area contributed by atoms with Crippen LogP contribution in [0.25, 0.3) is 0 Å². The standard InChI is InChI=1S/C14H24N2O/c1-6-11-12-9-17-8-7-16(12)10(2)15-13(11)14(3,4)5/h13H,6-9H2,1-5H3. The number of ether oxygens (including phenoxy) is 1. The van der Waals surface area contributed by atoms with Crippen molar-refractivity contribution < 1.29 is 4.74 Å². The van der Waals surface area contributed by atoms with Crippen molar-refractivity contribution in [1.29, 1.82) is 0 Å². The molecule has 2 aliphatic rings. The summed E-state index contributed by atoms with van der Waals surface area (Å²) in [4.78, 5) is 7.26. The van der Waals surface area contributed by atoms with E-state index in [2.05, 4.69) is 39.5 Å². The molecule has 1 unspecified atom stereocenters. The van der Waals surface area contributed by atoms with Crippen molar-refractivity contribution >= 4 is 5.84 Å². The molecule has 0 aliphatic carbocycles. The van der Waals surface area contributed by atoms with Gasteiger partial charge in [0.2, 0.25) is 0 Å². The van der Waals surface area contributed by atoms with Crippen LogP contribution in [-0.2, 0) is 4.74 Å². The van der Waals surface area contributed by atoms with Crippen molar-refractivity contribution in [3.63, 3.8) is 0 Å². The maximum Gasteiger partial charge on any atom is 0.101 e. The van der Waals surface area contributed by atoms with Gasteiger partial charge in [0.15, 0.2) is 0 Å². The molecule has 0 spiro atoms. The second-order valence-electron chi connectivity index (χ2n) is 5.97. The zero-order valence-corrected chi connectivity index (χ0v) is 11.7. The second-order valence-corrected chi connectivity index (χ2v) is 5.97. The maximum atomic E-state index is 5.63. The van der Waals surface area contributed by atoms with Gasteiger partial charge in [0.25, 0.3) is 0 Å². The molecule has 2 rings (SSSR count). The third-order valence-corrected chi connectivity index (χ3v) is 3.63. The van der Waals surface area contributed by atoms with Crippen LogP contribution in [0, 0.1) is 5.41 Å². The van der Waals surface area contributed by atoms with Crippen LogP contribution in [0.15, 0.2) is 16.3 Å². The lowest BCUT2D eigenvalue weighted by Gasteiger charge is -2.42. The summed E-state index contributed by atoms with van der Waals surface area (Å²) in [6, 6.07) is 0.306. The quantitative estimate of drug-likeness (QED) is 0.699. The smallest absolute Gasteiger partial charge is 0.101 e. The van der Waals surface area contributed by atoms with Crippen LogP contribution >= 0.6 is 0 Å². The van der Waals surface area contributed by atoms with Crippen molar-refractivity contribution in [1.82, 2.24) is 4.90 Å². The monoisotopic (exact) mass is 236 g/mol. The molecule has 0 aromatic rings. The van der Waals surface area contributed by atoms with Crippen LogP contribution in [0.5, 0.6) is 0 Å². The first-order valence-corrected chi connectivity index (χ1v) is 6.56. The average molecular weight is 236 g/mol. The number of aliphatic imine (C=N–C) groups is 1. The molecule has 0 N–H and O–H groups in total. The summed E-state index contributed by atoms with van der Waals surface area (Å²) in [5.41, 5.74) is 3.01. The number of hydrogen-bond acceptors (Lipinski definition) is 3. The Bertz CT molecular complexity index is 363. The molecule has 96 valence electrons. The molecule has 0 amide bonds. The Morgan fingerprint density at radius 3 is 2.71 bits per heavy atom. The molecule has 3 heteroatoms. The molecule has 1 saturated heterocycles. The first kappa shape index (κ1) is 12.6. The summed E-state index contributed by atoms with van der Waals surface area (Å²) < 4.78 is 5.63. The SMILES string of the molecule is CCC1=C2COCCN2C(C)=NC1C(C)(C)C. The topological polar surface area (TPSA) is 24.8 Å². The molecule has 0 saturated carbocycles. The average Bonchev–Trinajstić information content (AvgIpc) is 2.28. The minimum absolute atomic E-state index is 0.184. The van der Waals surface area contributed by atoms with E-state index in [-0.39, 0.29) is 5.41 Å². The summed E-state index contributed by atoms with van der Waals surface area (Å²) in [5.74, 6) is 1.15. The van der Waals surface area contributed by atoms with E-state index in [4.69, 9.17) is 9.73 Å². The van der Waals surface area contributed by atoms with Crippen molar-refractivity contribution in [3.8, 4) is 0 Å². The fourth-order valence-electron chi connectivity index (χ4n) is 2.77. The Labute approximate surface area is 105 Å². The van der Waals surface area contributed by atoms with Gasteiger partial charge in [-0.05, 0) is 24.3 Å². The second kappa shape index (κ2) is 4.45. The van der Waals surface area contributed by atoms with Crippen LogP contribution in [0.2, 0.25) is 0 Å². The van der Waals surface area contributed by atoms with Gasteiger partial charge in [0.05, 0.1) is 19.3 Å². The van der Waals surface area contributed by atoms with Gasteiger partial charge in [-0.1, -0.05) is 27.7 Å². The first-order valence-electron chi connectivity index (χ1n) is 6.56. The van der Waals surface area contributed by atoms with Crippen LogP contribution in [-0.4, -0.2) is 36.5 Å². The van der Waals surface area contributed by atoms with E-state index >= 15 is 0 Å². The highest BCUT2D eigenvalue weighted by Gasteiger charge is 2.35. The highest BCUT2D eigenvalue weighted by atomic mass is 16.5. The van der Waals surface area contributed by atoms with Gasteiger partial charge in [-0.15, -0.1) is 0 Å². The van der Waals surface area contributed by atoms with Crippen molar-refractivity contribution in [2.75, 3.05) is 19.8 Å². The molecule has 17 heavy (non-hydrogen) atoms. The van der Waals surface area contributed by atoms with E-state index < -0.39 is 0 Å². The summed E-state index contributed by atoms with van der Waals surface area (Å²) in [7, 11) is 0. The molecular formula is C14H24N2O. The molecule has 2 heterocycles. The fourth-order valence-corrected chi connectivity index (χ4v) is 2.77. The van der Waals surface area contributed by atoms with Crippen molar-refractivity contribution in [2.45, 2.75) is 47.1 Å². The van der Waals surface area contributed by atoms with Gasteiger partial charge < -0.3 is 9.64 Å². The highest BCUT2D eigenvalue weighted by Crippen LogP contribution is 2.36. The van der Waals surface area contributed by atoms with Crippen LogP contribution < -0.4 is 0 Å². The predicted octanol–water partition coefficient (Wildman–Crippen LogP) is 2.83. The summed E-state index contributed by atoms with van der Waals surface area (Å²) >= 11 is 0. The van der Waals surface area contributed by atoms with E-state index in [0.29, 0.717) is 6.04 Å². The Kier molecular flexibility index (Phi) is 3.30. The minimum Gasteiger partial charge on any atom is -0.373 e. The number of fused-ring (bicyclic) bond motifs is 1. The number of morpholine rings is 1. The van der Waals surface area contributed by atoms with Crippen molar-refractivity contribution in [3.05, 3.63) is 11.3 Å².